The van der Waals surface area contributed by atoms with Crippen LogP contribution in [0.5, 0.6) is 0 Å². The van der Waals surface area contributed by atoms with Crippen LogP contribution in [0.4, 0.5) is 0 Å². The minimum atomic E-state index is -0.490. The van der Waals surface area contributed by atoms with Crippen LogP contribution in [-0.4, -0.2) is 70.4 Å². The molecule has 2 aromatic heterocycles. The van der Waals surface area contributed by atoms with Gasteiger partial charge >= 0.3 is 0 Å². The van der Waals surface area contributed by atoms with Crippen molar-refractivity contribution in [3.63, 3.8) is 0 Å². The standard InChI is InChI=1S/C25H32N4O3S/c30-19(15-28-10-12-32-13-11-28)16-29(14-18-6-2-1-3-7-18)17-22-26-24(31)23-20-8-4-5-9-21(20)33-25(23)27-22/h1-3,6-7,19,30H,4-5,8-17H2,(H,26,27,31). The van der Waals surface area contributed by atoms with E-state index in [0.717, 1.165) is 55.8 Å². The number of H-pyrrole nitrogens is 1. The Morgan fingerprint density at radius 2 is 1.94 bits per heavy atom. The first-order valence-electron chi connectivity index (χ1n) is 11.9. The second-order valence-corrected chi connectivity index (χ2v) is 10.2. The maximum Gasteiger partial charge on any atom is 0.259 e. The third kappa shape index (κ3) is 5.53. The molecule has 1 atom stereocenters. The van der Waals surface area contributed by atoms with Gasteiger partial charge in [0.15, 0.2) is 0 Å². The summed E-state index contributed by atoms with van der Waals surface area (Å²) in [6, 6.07) is 10.2. The predicted molar refractivity (Wildman–Crippen MR) is 131 cm³/mol. The lowest BCUT2D eigenvalue weighted by Gasteiger charge is -2.31. The number of fused-ring (bicyclic) bond motifs is 3. The zero-order valence-corrected chi connectivity index (χ0v) is 19.8. The van der Waals surface area contributed by atoms with E-state index in [1.807, 2.05) is 18.2 Å². The van der Waals surface area contributed by atoms with Gasteiger partial charge in [0.1, 0.15) is 10.7 Å². The summed E-state index contributed by atoms with van der Waals surface area (Å²) in [5.41, 5.74) is 2.36. The Kier molecular flexibility index (Phi) is 7.18. The average molecular weight is 469 g/mol. The van der Waals surface area contributed by atoms with Crippen LogP contribution in [0.1, 0.15) is 34.7 Å². The summed E-state index contributed by atoms with van der Waals surface area (Å²) in [6.07, 6.45) is 3.88. The van der Waals surface area contributed by atoms with Crippen molar-refractivity contribution in [2.45, 2.75) is 44.9 Å². The van der Waals surface area contributed by atoms with Crippen molar-refractivity contribution in [2.75, 3.05) is 39.4 Å². The van der Waals surface area contributed by atoms with Crippen molar-refractivity contribution in [3.8, 4) is 0 Å². The smallest absolute Gasteiger partial charge is 0.259 e. The van der Waals surface area contributed by atoms with Crippen LogP contribution >= 0.6 is 11.3 Å². The van der Waals surface area contributed by atoms with Gasteiger partial charge in [0.25, 0.3) is 5.56 Å². The number of β-amino-alcohol motifs (C(OH)–C–C–N with tert-alkyl or cyclic N) is 1. The molecule has 1 aliphatic carbocycles. The third-order valence-electron chi connectivity index (χ3n) is 6.54. The van der Waals surface area contributed by atoms with E-state index in [1.165, 1.54) is 22.4 Å². The summed E-state index contributed by atoms with van der Waals surface area (Å²) in [6.45, 7) is 5.44. The molecule has 0 radical (unpaired) electrons. The molecule has 1 aromatic carbocycles. The molecule has 2 aliphatic rings. The lowest BCUT2D eigenvalue weighted by molar-refractivity contribution is 0.00537. The number of aromatic nitrogens is 2. The SMILES string of the molecule is O=c1[nH]c(CN(Cc2ccccc2)CC(O)CN2CCOCC2)nc2sc3c(c12)CCCC3. The molecule has 1 unspecified atom stereocenters. The number of ether oxygens (including phenoxy) is 1. The average Bonchev–Trinajstić information content (AvgIpc) is 3.19. The Hall–Kier alpha value is -2.10. The molecular formula is C25H32N4O3S. The highest BCUT2D eigenvalue weighted by Crippen LogP contribution is 2.33. The van der Waals surface area contributed by atoms with Crippen LogP contribution < -0.4 is 5.56 Å². The molecule has 0 bridgehead atoms. The van der Waals surface area contributed by atoms with E-state index in [9.17, 15) is 9.90 Å². The molecule has 0 saturated carbocycles. The summed E-state index contributed by atoms with van der Waals surface area (Å²) < 4.78 is 5.42. The fraction of sp³-hybridized carbons (Fsp3) is 0.520. The molecule has 0 amide bonds. The van der Waals surface area contributed by atoms with Gasteiger partial charge in [-0.3, -0.25) is 14.6 Å². The molecule has 3 heterocycles. The Labute approximate surface area is 198 Å². The van der Waals surface area contributed by atoms with E-state index in [-0.39, 0.29) is 5.56 Å². The number of aliphatic hydroxyl groups is 1. The summed E-state index contributed by atoms with van der Waals surface area (Å²) in [4.78, 5) is 27.5. The fourth-order valence-electron chi connectivity index (χ4n) is 4.96. The molecule has 1 saturated heterocycles. The van der Waals surface area contributed by atoms with Crippen molar-refractivity contribution < 1.29 is 9.84 Å². The van der Waals surface area contributed by atoms with Gasteiger partial charge in [0, 0.05) is 37.6 Å². The highest BCUT2D eigenvalue weighted by molar-refractivity contribution is 7.18. The maximum absolute atomic E-state index is 13.0. The second kappa shape index (κ2) is 10.4. The van der Waals surface area contributed by atoms with Crippen molar-refractivity contribution in [1.29, 1.82) is 0 Å². The normalized spacial score (nSPS) is 18.0. The minimum Gasteiger partial charge on any atom is -0.390 e. The number of rotatable bonds is 8. The number of aromatic amines is 1. The summed E-state index contributed by atoms with van der Waals surface area (Å²) in [7, 11) is 0. The molecule has 2 N–H and O–H groups in total. The van der Waals surface area contributed by atoms with Crippen LogP contribution in [-0.2, 0) is 30.7 Å². The lowest BCUT2D eigenvalue weighted by Crippen LogP contribution is -2.44. The van der Waals surface area contributed by atoms with E-state index in [1.54, 1.807) is 11.3 Å². The first-order valence-corrected chi connectivity index (χ1v) is 12.8. The topological polar surface area (TPSA) is 81.7 Å². The molecule has 0 spiro atoms. The first-order chi connectivity index (χ1) is 16.2. The Morgan fingerprint density at radius 3 is 2.76 bits per heavy atom. The molecule has 176 valence electrons. The highest BCUT2D eigenvalue weighted by Gasteiger charge is 2.22. The molecule has 3 aromatic rings. The zero-order chi connectivity index (χ0) is 22.6. The van der Waals surface area contributed by atoms with Crippen LogP contribution in [0.3, 0.4) is 0 Å². The van der Waals surface area contributed by atoms with E-state index < -0.39 is 6.10 Å². The quantitative estimate of drug-likeness (QED) is 0.529. The number of benzene rings is 1. The van der Waals surface area contributed by atoms with E-state index >= 15 is 0 Å². The fourth-order valence-corrected chi connectivity index (χ4v) is 6.24. The monoisotopic (exact) mass is 468 g/mol. The van der Waals surface area contributed by atoms with Gasteiger partial charge < -0.3 is 14.8 Å². The molecule has 7 nitrogen and oxygen atoms in total. The Morgan fingerprint density at radius 1 is 1.15 bits per heavy atom. The van der Waals surface area contributed by atoms with Gasteiger partial charge in [-0.25, -0.2) is 4.98 Å². The van der Waals surface area contributed by atoms with Gasteiger partial charge in [-0.2, -0.15) is 0 Å². The second-order valence-electron chi connectivity index (χ2n) is 9.13. The zero-order valence-electron chi connectivity index (χ0n) is 19.0. The number of aryl methyl sites for hydroxylation is 2. The van der Waals surface area contributed by atoms with Crippen molar-refractivity contribution in [2.24, 2.45) is 0 Å². The number of aliphatic hydroxyl groups excluding tert-OH is 1. The van der Waals surface area contributed by atoms with Crippen molar-refractivity contribution in [1.82, 2.24) is 19.8 Å². The van der Waals surface area contributed by atoms with Crippen LogP contribution in [0.25, 0.3) is 10.2 Å². The van der Waals surface area contributed by atoms with Crippen LogP contribution in [0.15, 0.2) is 35.1 Å². The van der Waals surface area contributed by atoms with Gasteiger partial charge in [-0.05, 0) is 36.8 Å². The minimum absolute atomic E-state index is 0.0251. The number of nitrogens with one attached hydrogen (secondary N) is 1. The predicted octanol–water partition coefficient (Wildman–Crippen LogP) is 2.56. The highest BCUT2D eigenvalue weighted by atomic mass is 32.1. The molecule has 33 heavy (non-hydrogen) atoms. The molecule has 5 rings (SSSR count). The van der Waals surface area contributed by atoms with E-state index in [4.69, 9.17) is 9.72 Å². The van der Waals surface area contributed by atoms with Gasteiger partial charge in [0.2, 0.25) is 0 Å². The summed E-state index contributed by atoms with van der Waals surface area (Å²) >= 11 is 1.68. The number of hydrogen-bond acceptors (Lipinski definition) is 7. The van der Waals surface area contributed by atoms with Crippen molar-refractivity contribution >= 4 is 21.6 Å². The molecular weight excluding hydrogens is 436 g/mol. The summed E-state index contributed by atoms with van der Waals surface area (Å²) in [5.74, 6) is 0.667. The van der Waals surface area contributed by atoms with Gasteiger partial charge in [-0.15, -0.1) is 11.3 Å². The molecule has 1 aliphatic heterocycles. The van der Waals surface area contributed by atoms with E-state index in [0.29, 0.717) is 32.0 Å². The molecule has 1 fully saturated rings. The number of morpholine rings is 1. The largest absolute Gasteiger partial charge is 0.390 e. The van der Waals surface area contributed by atoms with Crippen molar-refractivity contribution in [3.05, 3.63) is 62.5 Å². The number of nitrogens with zero attached hydrogens (tertiary/aromatic N) is 3. The first kappa shape index (κ1) is 22.7. The third-order valence-corrected chi connectivity index (χ3v) is 7.72. The number of thiophene rings is 1. The summed E-state index contributed by atoms with van der Waals surface area (Å²) in [5, 5.41) is 11.6. The van der Waals surface area contributed by atoms with Crippen LogP contribution in [0.2, 0.25) is 0 Å². The van der Waals surface area contributed by atoms with E-state index in [2.05, 4.69) is 26.9 Å². The molecule has 8 heteroatoms. The maximum atomic E-state index is 13.0. The lowest BCUT2D eigenvalue weighted by atomic mass is 9.97. The van der Waals surface area contributed by atoms with Gasteiger partial charge in [-0.1, -0.05) is 30.3 Å². The number of hydrogen-bond donors (Lipinski definition) is 2. The van der Waals surface area contributed by atoms with Gasteiger partial charge in [0.05, 0.1) is 31.2 Å². The Bertz CT molecular complexity index is 1120. The Balaban J connectivity index is 1.35. The van der Waals surface area contributed by atoms with Crippen LogP contribution in [0, 0.1) is 0 Å².